The number of hydrogen-bond donors (Lipinski definition) is 0. The second kappa shape index (κ2) is 4.08. The summed E-state index contributed by atoms with van der Waals surface area (Å²) in [4.78, 5) is 14.8. The minimum atomic E-state index is -0.210. The van der Waals surface area contributed by atoms with Crippen LogP contribution in [0.25, 0.3) is 0 Å². The van der Waals surface area contributed by atoms with E-state index in [4.69, 9.17) is 4.74 Å². The molecular formula is C7H9NO2S. The van der Waals surface area contributed by atoms with Crippen molar-refractivity contribution >= 4 is 17.3 Å². The number of ether oxygens (including phenoxy) is 1. The number of thiazole rings is 1. The van der Waals surface area contributed by atoms with Crippen molar-refractivity contribution < 1.29 is 9.53 Å². The highest BCUT2D eigenvalue weighted by molar-refractivity contribution is 7.07. The lowest BCUT2D eigenvalue weighted by atomic mass is 10.3. The van der Waals surface area contributed by atoms with Crippen LogP contribution in [0, 0.1) is 0 Å². The number of nitrogens with zero attached hydrogens (tertiary/aromatic N) is 1. The summed E-state index contributed by atoms with van der Waals surface area (Å²) < 4.78 is 4.74. The zero-order valence-electron chi connectivity index (χ0n) is 6.24. The summed E-state index contributed by atoms with van der Waals surface area (Å²) in [7, 11) is 0. The quantitative estimate of drug-likeness (QED) is 0.642. The minimum absolute atomic E-state index is 0.210. The van der Waals surface area contributed by atoms with Crippen LogP contribution in [0.4, 0.5) is 0 Å². The van der Waals surface area contributed by atoms with E-state index in [0.29, 0.717) is 6.61 Å². The number of carbonyl (C=O) groups is 1. The van der Waals surface area contributed by atoms with Gasteiger partial charge in [-0.1, -0.05) is 0 Å². The Kier molecular flexibility index (Phi) is 3.04. The lowest BCUT2D eigenvalue weighted by Crippen LogP contribution is -2.07. The van der Waals surface area contributed by atoms with Gasteiger partial charge in [-0.2, -0.15) is 0 Å². The van der Waals surface area contributed by atoms with Gasteiger partial charge in [-0.15, -0.1) is 11.3 Å². The van der Waals surface area contributed by atoms with Crippen LogP contribution < -0.4 is 0 Å². The van der Waals surface area contributed by atoms with E-state index in [-0.39, 0.29) is 12.4 Å². The number of esters is 1. The van der Waals surface area contributed by atoms with Crippen LogP contribution in [0.15, 0.2) is 10.9 Å². The number of aromatic nitrogens is 1. The highest BCUT2D eigenvalue weighted by atomic mass is 32.1. The fourth-order valence-electron chi connectivity index (χ4n) is 0.685. The van der Waals surface area contributed by atoms with Crippen LogP contribution in [0.5, 0.6) is 0 Å². The third kappa shape index (κ3) is 2.67. The van der Waals surface area contributed by atoms with Crippen LogP contribution in [-0.4, -0.2) is 17.6 Å². The molecule has 4 heteroatoms. The average molecular weight is 171 g/mol. The Morgan fingerprint density at radius 3 is 3.18 bits per heavy atom. The molecule has 0 N–H and O–H groups in total. The fraction of sp³-hybridized carbons (Fsp3) is 0.429. The molecule has 0 atom stereocenters. The molecule has 0 saturated heterocycles. The summed E-state index contributed by atoms with van der Waals surface area (Å²) in [6.45, 7) is 2.22. The fourth-order valence-corrected chi connectivity index (χ4v) is 1.24. The van der Waals surface area contributed by atoms with Crippen LogP contribution >= 0.6 is 11.3 Å². The van der Waals surface area contributed by atoms with Crippen molar-refractivity contribution in [2.75, 3.05) is 6.61 Å². The van der Waals surface area contributed by atoms with Gasteiger partial charge in [0.15, 0.2) is 0 Å². The van der Waals surface area contributed by atoms with E-state index in [0.717, 1.165) is 5.69 Å². The first-order valence-corrected chi connectivity index (χ1v) is 4.30. The molecule has 0 aliphatic heterocycles. The Morgan fingerprint density at radius 2 is 2.64 bits per heavy atom. The summed E-state index contributed by atoms with van der Waals surface area (Å²) in [5.74, 6) is -0.210. The highest BCUT2D eigenvalue weighted by Gasteiger charge is 2.03. The van der Waals surface area contributed by atoms with Crippen LogP contribution in [0.1, 0.15) is 12.6 Å². The first kappa shape index (κ1) is 8.20. The molecule has 0 amide bonds. The van der Waals surface area contributed by atoms with E-state index >= 15 is 0 Å². The van der Waals surface area contributed by atoms with Crippen molar-refractivity contribution in [1.29, 1.82) is 0 Å². The molecule has 3 nitrogen and oxygen atoms in total. The van der Waals surface area contributed by atoms with Crippen molar-refractivity contribution in [2.24, 2.45) is 0 Å². The molecule has 0 fully saturated rings. The Labute approximate surface area is 69.0 Å². The molecule has 0 aliphatic rings. The number of carbonyl (C=O) groups excluding carboxylic acids is 1. The molecule has 1 rings (SSSR count). The van der Waals surface area contributed by atoms with Gasteiger partial charge in [0.25, 0.3) is 0 Å². The predicted octanol–water partition coefficient (Wildman–Crippen LogP) is 1.25. The number of rotatable bonds is 3. The first-order chi connectivity index (χ1) is 5.33. The molecule has 0 unspecified atom stereocenters. The zero-order chi connectivity index (χ0) is 8.10. The van der Waals surface area contributed by atoms with Crippen molar-refractivity contribution in [3.05, 3.63) is 16.6 Å². The standard InChI is InChI=1S/C7H9NO2S/c1-2-10-7(9)3-6-4-11-5-8-6/h4-5H,2-3H2,1H3. The van der Waals surface area contributed by atoms with Gasteiger partial charge in [-0.3, -0.25) is 4.79 Å². The van der Waals surface area contributed by atoms with E-state index in [1.165, 1.54) is 11.3 Å². The molecule has 1 heterocycles. The van der Waals surface area contributed by atoms with Gasteiger partial charge in [0.2, 0.25) is 0 Å². The van der Waals surface area contributed by atoms with Gasteiger partial charge in [0.1, 0.15) is 0 Å². The van der Waals surface area contributed by atoms with Crippen LogP contribution in [0.2, 0.25) is 0 Å². The summed E-state index contributed by atoms with van der Waals surface area (Å²) in [5.41, 5.74) is 2.49. The van der Waals surface area contributed by atoms with E-state index < -0.39 is 0 Å². The molecule has 0 spiro atoms. The summed E-state index contributed by atoms with van der Waals surface area (Å²) in [5, 5.41) is 1.84. The monoisotopic (exact) mass is 171 g/mol. The Balaban J connectivity index is 2.37. The molecule has 0 saturated carbocycles. The highest BCUT2D eigenvalue weighted by Crippen LogP contribution is 2.02. The van der Waals surface area contributed by atoms with Crippen LogP contribution in [0.3, 0.4) is 0 Å². The lowest BCUT2D eigenvalue weighted by Gasteiger charge is -1.97. The largest absolute Gasteiger partial charge is 0.466 e. The third-order valence-corrected chi connectivity index (χ3v) is 1.75. The molecule has 1 aromatic heterocycles. The van der Waals surface area contributed by atoms with Gasteiger partial charge < -0.3 is 4.74 Å². The first-order valence-electron chi connectivity index (χ1n) is 3.35. The molecule has 0 aromatic carbocycles. The molecule has 1 aromatic rings. The smallest absolute Gasteiger partial charge is 0.311 e. The summed E-state index contributed by atoms with van der Waals surface area (Å²) in [6, 6.07) is 0. The minimum Gasteiger partial charge on any atom is -0.466 e. The van der Waals surface area contributed by atoms with Gasteiger partial charge in [0.05, 0.1) is 24.2 Å². The maximum absolute atomic E-state index is 10.9. The van der Waals surface area contributed by atoms with Gasteiger partial charge in [0, 0.05) is 5.38 Å². The predicted molar refractivity (Wildman–Crippen MR) is 42.5 cm³/mol. The van der Waals surface area contributed by atoms with Gasteiger partial charge in [-0.05, 0) is 6.92 Å². The van der Waals surface area contributed by atoms with E-state index in [2.05, 4.69) is 4.98 Å². The zero-order valence-corrected chi connectivity index (χ0v) is 7.06. The second-order valence-electron chi connectivity index (χ2n) is 1.96. The van der Waals surface area contributed by atoms with Gasteiger partial charge >= 0.3 is 5.97 Å². The van der Waals surface area contributed by atoms with E-state index in [9.17, 15) is 4.79 Å². The average Bonchev–Trinajstić information content (AvgIpc) is 2.40. The topological polar surface area (TPSA) is 39.2 Å². The maximum atomic E-state index is 10.9. The molecule has 0 aliphatic carbocycles. The van der Waals surface area contributed by atoms with Crippen molar-refractivity contribution in [1.82, 2.24) is 4.98 Å². The maximum Gasteiger partial charge on any atom is 0.311 e. The molecule has 11 heavy (non-hydrogen) atoms. The molecular weight excluding hydrogens is 162 g/mol. The summed E-state index contributed by atoms with van der Waals surface area (Å²) in [6.07, 6.45) is 0.289. The van der Waals surface area contributed by atoms with Crippen molar-refractivity contribution in [3.63, 3.8) is 0 Å². The molecule has 0 bridgehead atoms. The molecule has 60 valence electrons. The van der Waals surface area contributed by atoms with Crippen molar-refractivity contribution in [3.8, 4) is 0 Å². The summed E-state index contributed by atoms with van der Waals surface area (Å²) >= 11 is 1.48. The van der Waals surface area contributed by atoms with E-state index in [1.807, 2.05) is 5.38 Å². The lowest BCUT2D eigenvalue weighted by molar-refractivity contribution is -0.142. The Morgan fingerprint density at radius 1 is 1.82 bits per heavy atom. The van der Waals surface area contributed by atoms with Crippen LogP contribution in [-0.2, 0) is 16.0 Å². The second-order valence-corrected chi connectivity index (χ2v) is 2.68. The van der Waals surface area contributed by atoms with Gasteiger partial charge in [-0.25, -0.2) is 4.98 Å². The molecule has 0 radical (unpaired) electrons. The Bertz CT molecular complexity index is 220. The number of hydrogen-bond acceptors (Lipinski definition) is 4. The SMILES string of the molecule is CCOC(=O)Cc1cscn1. The third-order valence-electron chi connectivity index (χ3n) is 1.11. The Hall–Kier alpha value is -0.900. The van der Waals surface area contributed by atoms with E-state index in [1.54, 1.807) is 12.4 Å². The normalized spacial score (nSPS) is 9.55. The van der Waals surface area contributed by atoms with Crippen molar-refractivity contribution in [2.45, 2.75) is 13.3 Å².